The molecule has 0 bridgehead atoms. The molecule has 2 rings (SSSR count). The second-order valence-electron chi connectivity index (χ2n) is 6.34. The largest absolute Gasteiger partial charge is 0.308 e. The number of hydrogen-bond donors (Lipinski definition) is 0. The zero-order valence-corrected chi connectivity index (χ0v) is 14.1. The molecule has 0 amide bonds. The average Bonchev–Trinajstić information content (AvgIpc) is 2.54. The fourth-order valence-electron chi connectivity index (χ4n) is 2.69. The van der Waals surface area contributed by atoms with Crippen molar-refractivity contribution in [3.8, 4) is 0 Å². The van der Waals surface area contributed by atoms with Crippen LogP contribution in [0.1, 0.15) is 24.0 Å². The highest BCUT2D eigenvalue weighted by molar-refractivity contribution is 5.19. The Morgan fingerprint density at radius 3 is 2.00 bits per heavy atom. The second kappa shape index (κ2) is 8.72. The van der Waals surface area contributed by atoms with Crippen LogP contribution in [0.2, 0.25) is 0 Å². The van der Waals surface area contributed by atoms with E-state index in [9.17, 15) is 0 Å². The van der Waals surface area contributed by atoms with Crippen LogP contribution in [0.3, 0.4) is 0 Å². The molecule has 0 heterocycles. The van der Waals surface area contributed by atoms with Crippen molar-refractivity contribution >= 4 is 0 Å². The standard InChI is InChI=1S/C20H28N2/c1-18(20-12-8-5-9-13-20)16-22(15-14-21(2)3)17-19-10-6-4-7-11-19/h4-13,18H,14-17H2,1-3H3/t18-/m1/s1. The average molecular weight is 296 g/mol. The SMILES string of the molecule is C[C@H](CN(CCN(C)C)Cc1ccccc1)c1ccccc1. The molecular weight excluding hydrogens is 268 g/mol. The lowest BCUT2D eigenvalue weighted by Gasteiger charge is -2.27. The Labute approximate surface area is 135 Å². The zero-order valence-electron chi connectivity index (χ0n) is 14.1. The van der Waals surface area contributed by atoms with Gasteiger partial charge in [0.15, 0.2) is 0 Å². The summed E-state index contributed by atoms with van der Waals surface area (Å²) in [5, 5.41) is 0. The molecule has 0 N–H and O–H groups in total. The van der Waals surface area contributed by atoms with Crippen LogP contribution in [0.25, 0.3) is 0 Å². The van der Waals surface area contributed by atoms with Crippen molar-refractivity contribution in [2.45, 2.75) is 19.4 Å². The van der Waals surface area contributed by atoms with Crippen molar-refractivity contribution in [3.63, 3.8) is 0 Å². The Morgan fingerprint density at radius 1 is 0.818 bits per heavy atom. The molecular formula is C20H28N2. The van der Waals surface area contributed by atoms with Crippen LogP contribution < -0.4 is 0 Å². The van der Waals surface area contributed by atoms with Crippen molar-refractivity contribution in [2.75, 3.05) is 33.7 Å². The van der Waals surface area contributed by atoms with Gasteiger partial charge in [-0.2, -0.15) is 0 Å². The van der Waals surface area contributed by atoms with E-state index in [1.54, 1.807) is 0 Å². The summed E-state index contributed by atoms with van der Waals surface area (Å²) in [7, 11) is 4.28. The molecule has 0 unspecified atom stereocenters. The van der Waals surface area contributed by atoms with E-state index in [0.717, 1.165) is 26.2 Å². The maximum Gasteiger partial charge on any atom is 0.0234 e. The van der Waals surface area contributed by atoms with E-state index < -0.39 is 0 Å². The number of rotatable bonds is 8. The van der Waals surface area contributed by atoms with E-state index in [4.69, 9.17) is 0 Å². The quantitative estimate of drug-likeness (QED) is 0.730. The summed E-state index contributed by atoms with van der Waals surface area (Å²) < 4.78 is 0. The van der Waals surface area contributed by atoms with Gasteiger partial charge in [0.05, 0.1) is 0 Å². The topological polar surface area (TPSA) is 6.48 Å². The molecule has 0 spiro atoms. The lowest BCUT2D eigenvalue weighted by molar-refractivity contribution is 0.224. The predicted molar refractivity (Wildman–Crippen MR) is 95.1 cm³/mol. The van der Waals surface area contributed by atoms with Gasteiger partial charge in [0.25, 0.3) is 0 Å². The molecule has 0 aliphatic rings. The molecule has 0 aliphatic carbocycles. The molecule has 0 saturated heterocycles. The van der Waals surface area contributed by atoms with E-state index in [1.807, 2.05) is 0 Å². The number of benzene rings is 2. The molecule has 118 valence electrons. The molecule has 1 atom stereocenters. The Balaban J connectivity index is 2.00. The molecule has 2 aromatic carbocycles. The highest BCUT2D eigenvalue weighted by Gasteiger charge is 2.12. The highest BCUT2D eigenvalue weighted by Crippen LogP contribution is 2.17. The van der Waals surface area contributed by atoms with Crippen LogP contribution in [-0.4, -0.2) is 43.5 Å². The highest BCUT2D eigenvalue weighted by atomic mass is 15.2. The first-order valence-corrected chi connectivity index (χ1v) is 8.11. The zero-order chi connectivity index (χ0) is 15.8. The van der Waals surface area contributed by atoms with E-state index in [2.05, 4.69) is 91.5 Å². The summed E-state index contributed by atoms with van der Waals surface area (Å²) in [6, 6.07) is 21.6. The molecule has 2 aromatic rings. The number of likely N-dealkylation sites (N-methyl/N-ethyl adjacent to an activating group) is 1. The van der Waals surface area contributed by atoms with Crippen molar-refractivity contribution in [2.24, 2.45) is 0 Å². The van der Waals surface area contributed by atoms with Crippen LogP contribution >= 0.6 is 0 Å². The minimum atomic E-state index is 0.548. The monoisotopic (exact) mass is 296 g/mol. The number of hydrogen-bond acceptors (Lipinski definition) is 2. The van der Waals surface area contributed by atoms with Crippen molar-refractivity contribution < 1.29 is 0 Å². The van der Waals surface area contributed by atoms with Crippen molar-refractivity contribution in [1.29, 1.82) is 0 Å². The first-order chi connectivity index (χ1) is 10.6. The normalized spacial score (nSPS) is 12.8. The van der Waals surface area contributed by atoms with Crippen LogP contribution in [0.5, 0.6) is 0 Å². The number of nitrogens with zero attached hydrogens (tertiary/aromatic N) is 2. The fraction of sp³-hybridized carbons (Fsp3) is 0.400. The van der Waals surface area contributed by atoms with Crippen LogP contribution in [0.15, 0.2) is 60.7 Å². The Morgan fingerprint density at radius 2 is 1.41 bits per heavy atom. The smallest absolute Gasteiger partial charge is 0.0234 e. The maximum absolute atomic E-state index is 2.56. The Bertz CT molecular complexity index is 522. The van der Waals surface area contributed by atoms with Gasteiger partial charge in [-0.05, 0) is 31.1 Å². The molecule has 0 fully saturated rings. The second-order valence-corrected chi connectivity index (χ2v) is 6.34. The summed E-state index contributed by atoms with van der Waals surface area (Å²) in [5.74, 6) is 0.548. The first kappa shape index (κ1) is 16.7. The van der Waals surface area contributed by atoms with E-state index >= 15 is 0 Å². The van der Waals surface area contributed by atoms with Gasteiger partial charge in [-0.25, -0.2) is 0 Å². The third-order valence-corrected chi connectivity index (χ3v) is 4.01. The first-order valence-electron chi connectivity index (χ1n) is 8.11. The van der Waals surface area contributed by atoms with Gasteiger partial charge in [0.2, 0.25) is 0 Å². The van der Waals surface area contributed by atoms with Crippen LogP contribution in [0.4, 0.5) is 0 Å². The lowest BCUT2D eigenvalue weighted by Crippen LogP contribution is -2.34. The van der Waals surface area contributed by atoms with E-state index in [-0.39, 0.29) is 0 Å². The summed E-state index contributed by atoms with van der Waals surface area (Å²) in [6.45, 7) is 6.62. The van der Waals surface area contributed by atoms with Gasteiger partial charge in [0.1, 0.15) is 0 Å². The predicted octanol–water partition coefficient (Wildman–Crippen LogP) is 3.85. The van der Waals surface area contributed by atoms with Gasteiger partial charge in [-0.15, -0.1) is 0 Å². The lowest BCUT2D eigenvalue weighted by atomic mass is 10.0. The van der Waals surface area contributed by atoms with Gasteiger partial charge in [0, 0.05) is 26.2 Å². The van der Waals surface area contributed by atoms with Crippen LogP contribution in [0, 0.1) is 0 Å². The maximum atomic E-state index is 2.56. The fourth-order valence-corrected chi connectivity index (χ4v) is 2.69. The van der Waals surface area contributed by atoms with Crippen molar-refractivity contribution in [1.82, 2.24) is 9.80 Å². The molecule has 22 heavy (non-hydrogen) atoms. The minimum absolute atomic E-state index is 0.548. The molecule has 0 saturated carbocycles. The Kier molecular flexibility index (Phi) is 6.63. The molecule has 0 radical (unpaired) electrons. The van der Waals surface area contributed by atoms with Gasteiger partial charge in [-0.3, -0.25) is 4.90 Å². The molecule has 2 heteroatoms. The van der Waals surface area contributed by atoms with Gasteiger partial charge < -0.3 is 4.90 Å². The summed E-state index contributed by atoms with van der Waals surface area (Å²) in [6.07, 6.45) is 0. The van der Waals surface area contributed by atoms with Gasteiger partial charge >= 0.3 is 0 Å². The minimum Gasteiger partial charge on any atom is -0.308 e. The van der Waals surface area contributed by atoms with Gasteiger partial charge in [-0.1, -0.05) is 67.6 Å². The molecule has 2 nitrogen and oxygen atoms in total. The summed E-state index contributed by atoms with van der Waals surface area (Å²) in [5.41, 5.74) is 2.81. The van der Waals surface area contributed by atoms with Crippen LogP contribution in [-0.2, 0) is 6.54 Å². The third-order valence-electron chi connectivity index (χ3n) is 4.01. The van der Waals surface area contributed by atoms with E-state index in [0.29, 0.717) is 5.92 Å². The summed E-state index contributed by atoms with van der Waals surface area (Å²) in [4.78, 5) is 4.82. The van der Waals surface area contributed by atoms with Crippen molar-refractivity contribution in [3.05, 3.63) is 71.8 Å². The van der Waals surface area contributed by atoms with E-state index in [1.165, 1.54) is 11.1 Å². The molecule has 0 aliphatic heterocycles. The Hall–Kier alpha value is -1.64. The summed E-state index contributed by atoms with van der Waals surface area (Å²) >= 11 is 0. The molecule has 0 aromatic heterocycles. The third kappa shape index (κ3) is 5.63.